The monoisotopic (exact) mass is 291 g/mol. The quantitative estimate of drug-likeness (QED) is 0.857. The van der Waals surface area contributed by atoms with Gasteiger partial charge >= 0.3 is 5.97 Å². The highest BCUT2D eigenvalue weighted by molar-refractivity contribution is 7.91. The number of aromatic carboxylic acids is 1. The highest BCUT2D eigenvalue weighted by Crippen LogP contribution is 2.26. The largest absolute Gasteiger partial charge is 0.477 e. The summed E-state index contributed by atoms with van der Waals surface area (Å²) < 4.78 is 31.7. The van der Waals surface area contributed by atoms with Crippen LogP contribution in [0.1, 0.15) is 21.7 Å². The van der Waals surface area contributed by atoms with Crippen molar-refractivity contribution in [3.63, 3.8) is 0 Å². The maximum atomic E-state index is 12.0. The van der Waals surface area contributed by atoms with Crippen molar-refractivity contribution in [2.24, 2.45) is 0 Å². The van der Waals surface area contributed by atoms with Crippen LogP contribution >= 0.6 is 11.3 Å². The summed E-state index contributed by atoms with van der Waals surface area (Å²) in [5.74, 6) is -1.11. The van der Waals surface area contributed by atoms with Gasteiger partial charge in [-0.3, -0.25) is 0 Å². The fourth-order valence-corrected chi connectivity index (χ4v) is 4.35. The predicted octanol–water partition coefficient (Wildman–Crippen LogP) is 0.822. The van der Waals surface area contributed by atoms with Gasteiger partial charge < -0.3 is 9.84 Å². The number of carboxylic acids is 1. The molecule has 18 heavy (non-hydrogen) atoms. The third-order valence-electron chi connectivity index (χ3n) is 2.61. The van der Waals surface area contributed by atoms with Crippen molar-refractivity contribution in [3.05, 3.63) is 16.5 Å². The van der Waals surface area contributed by atoms with Gasteiger partial charge in [-0.1, -0.05) is 0 Å². The molecule has 1 fully saturated rings. The van der Waals surface area contributed by atoms with E-state index in [0.717, 1.165) is 11.3 Å². The molecule has 100 valence electrons. The van der Waals surface area contributed by atoms with Gasteiger partial charge in [0, 0.05) is 12.6 Å². The van der Waals surface area contributed by atoms with Crippen LogP contribution in [-0.4, -0.2) is 38.7 Å². The Balaban J connectivity index is 2.24. The van der Waals surface area contributed by atoms with Gasteiger partial charge in [0.1, 0.15) is 9.09 Å². The van der Waals surface area contributed by atoms with Crippen LogP contribution < -0.4 is 4.72 Å². The molecule has 0 spiro atoms. The Morgan fingerprint density at radius 3 is 2.83 bits per heavy atom. The molecule has 1 saturated heterocycles. The van der Waals surface area contributed by atoms with E-state index in [0.29, 0.717) is 25.2 Å². The van der Waals surface area contributed by atoms with E-state index in [1.54, 1.807) is 6.92 Å². The van der Waals surface area contributed by atoms with Crippen LogP contribution in [0.5, 0.6) is 0 Å². The van der Waals surface area contributed by atoms with Crippen LogP contribution in [0, 0.1) is 6.92 Å². The Labute approximate surface area is 109 Å². The molecule has 0 bridgehead atoms. The van der Waals surface area contributed by atoms with Gasteiger partial charge in [-0.2, -0.15) is 0 Å². The molecule has 0 aromatic carbocycles. The van der Waals surface area contributed by atoms with Crippen molar-refractivity contribution >= 4 is 27.3 Å². The Bertz CT molecular complexity index is 557. The van der Waals surface area contributed by atoms with Gasteiger partial charge in [-0.05, 0) is 25.0 Å². The molecule has 8 heteroatoms. The zero-order valence-corrected chi connectivity index (χ0v) is 11.3. The Morgan fingerprint density at radius 2 is 2.33 bits per heavy atom. The first kappa shape index (κ1) is 13.5. The lowest BCUT2D eigenvalue weighted by molar-refractivity contribution is 0.0701. The van der Waals surface area contributed by atoms with Crippen LogP contribution in [0.4, 0.5) is 0 Å². The van der Waals surface area contributed by atoms with Gasteiger partial charge in [0.05, 0.1) is 6.61 Å². The fourth-order valence-electron chi connectivity index (χ4n) is 1.70. The lowest BCUT2D eigenvalue weighted by Crippen LogP contribution is -2.34. The minimum Gasteiger partial charge on any atom is -0.477 e. The smallest absolute Gasteiger partial charge is 0.346 e. The number of thiophene rings is 1. The van der Waals surface area contributed by atoms with Gasteiger partial charge in [-0.25, -0.2) is 17.9 Å². The number of hydrogen-bond acceptors (Lipinski definition) is 5. The molecule has 0 aliphatic carbocycles. The van der Waals surface area contributed by atoms with E-state index in [-0.39, 0.29) is 15.1 Å². The molecule has 0 saturated carbocycles. The van der Waals surface area contributed by atoms with Crippen molar-refractivity contribution in [3.8, 4) is 0 Å². The van der Waals surface area contributed by atoms with Gasteiger partial charge in [0.25, 0.3) is 0 Å². The molecule has 1 aliphatic rings. The number of nitrogens with one attached hydrogen (secondary N) is 1. The van der Waals surface area contributed by atoms with Crippen molar-refractivity contribution in [1.29, 1.82) is 0 Å². The Hall–Kier alpha value is -0.960. The first-order chi connectivity index (χ1) is 8.40. The normalized spacial score (nSPS) is 20.2. The Kier molecular flexibility index (Phi) is 3.71. The first-order valence-electron chi connectivity index (χ1n) is 5.34. The second-order valence-corrected chi connectivity index (χ2v) is 7.06. The number of sulfonamides is 1. The lowest BCUT2D eigenvalue weighted by atomic mass is 10.3. The number of carboxylic acid groups (broad SMARTS) is 1. The van der Waals surface area contributed by atoms with E-state index in [4.69, 9.17) is 9.84 Å². The summed E-state index contributed by atoms with van der Waals surface area (Å²) >= 11 is 0.767. The predicted molar refractivity (Wildman–Crippen MR) is 65.6 cm³/mol. The van der Waals surface area contributed by atoms with Crippen molar-refractivity contribution in [2.45, 2.75) is 23.6 Å². The number of rotatable bonds is 4. The Morgan fingerprint density at radius 1 is 1.61 bits per heavy atom. The van der Waals surface area contributed by atoms with Crippen molar-refractivity contribution in [1.82, 2.24) is 4.72 Å². The van der Waals surface area contributed by atoms with E-state index in [2.05, 4.69) is 4.72 Å². The van der Waals surface area contributed by atoms with E-state index in [9.17, 15) is 13.2 Å². The highest BCUT2D eigenvalue weighted by Gasteiger charge is 2.26. The molecule has 0 radical (unpaired) electrons. The summed E-state index contributed by atoms with van der Waals surface area (Å²) in [5, 5.41) is 8.90. The summed E-state index contributed by atoms with van der Waals surface area (Å²) in [6.07, 6.45) is 0.634. The summed E-state index contributed by atoms with van der Waals surface area (Å²) in [6, 6.07) is 1.15. The van der Waals surface area contributed by atoms with E-state index >= 15 is 0 Å². The van der Waals surface area contributed by atoms with Crippen LogP contribution in [0.25, 0.3) is 0 Å². The van der Waals surface area contributed by atoms with Crippen molar-refractivity contribution < 1.29 is 23.1 Å². The van der Waals surface area contributed by atoms with Gasteiger partial charge in [0.15, 0.2) is 0 Å². The molecular formula is C10H13NO5S2. The molecule has 6 nitrogen and oxygen atoms in total. The van der Waals surface area contributed by atoms with Gasteiger partial charge in [-0.15, -0.1) is 11.3 Å². The average Bonchev–Trinajstić information content (AvgIpc) is 2.86. The SMILES string of the molecule is Cc1cc(S(=O)(=O)NC2CCOC2)sc1C(=O)O. The molecule has 1 aromatic heterocycles. The van der Waals surface area contributed by atoms with Crippen molar-refractivity contribution in [2.75, 3.05) is 13.2 Å². The van der Waals surface area contributed by atoms with E-state index in [1.807, 2.05) is 0 Å². The second-order valence-electron chi connectivity index (χ2n) is 4.06. The van der Waals surface area contributed by atoms with Gasteiger partial charge in [0.2, 0.25) is 10.0 Å². The average molecular weight is 291 g/mol. The maximum Gasteiger partial charge on any atom is 0.346 e. The molecular weight excluding hydrogens is 278 g/mol. The summed E-state index contributed by atoms with van der Waals surface area (Å²) in [4.78, 5) is 10.9. The minimum absolute atomic E-state index is 0.0318. The molecule has 1 aromatic rings. The molecule has 1 atom stereocenters. The lowest BCUT2D eigenvalue weighted by Gasteiger charge is -2.09. The molecule has 2 rings (SSSR count). The topological polar surface area (TPSA) is 92.7 Å². The number of hydrogen-bond donors (Lipinski definition) is 2. The van der Waals surface area contributed by atoms with E-state index < -0.39 is 16.0 Å². The minimum atomic E-state index is -3.65. The van der Waals surface area contributed by atoms with Crippen LogP contribution in [-0.2, 0) is 14.8 Å². The number of ether oxygens (including phenoxy) is 1. The number of carbonyl (C=O) groups is 1. The fraction of sp³-hybridized carbons (Fsp3) is 0.500. The van der Waals surface area contributed by atoms with E-state index in [1.165, 1.54) is 6.07 Å². The molecule has 1 aliphatic heterocycles. The number of aryl methyl sites for hydroxylation is 1. The summed E-state index contributed by atoms with van der Waals surface area (Å²) in [5.41, 5.74) is 0.454. The standard InChI is InChI=1S/C10H13NO5S2/c1-6-4-8(17-9(6)10(12)13)18(14,15)11-7-2-3-16-5-7/h4,7,11H,2-3,5H2,1H3,(H,12,13). The molecule has 2 N–H and O–H groups in total. The third kappa shape index (κ3) is 2.72. The third-order valence-corrected chi connectivity index (χ3v) is 5.82. The molecule has 0 amide bonds. The van der Waals surface area contributed by atoms with Crippen LogP contribution in [0.15, 0.2) is 10.3 Å². The van der Waals surface area contributed by atoms with Crippen LogP contribution in [0.2, 0.25) is 0 Å². The summed E-state index contributed by atoms with van der Waals surface area (Å²) in [6.45, 7) is 2.48. The molecule has 1 unspecified atom stereocenters. The zero-order chi connectivity index (χ0) is 13.3. The highest BCUT2D eigenvalue weighted by atomic mass is 32.2. The maximum absolute atomic E-state index is 12.0. The second kappa shape index (κ2) is 4.96. The van der Waals surface area contributed by atoms with Crippen LogP contribution in [0.3, 0.4) is 0 Å². The molecule has 2 heterocycles. The summed E-state index contributed by atoms with van der Waals surface area (Å²) in [7, 11) is -3.65. The zero-order valence-electron chi connectivity index (χ0n) is 9.67. The first-order valence-corrected chi connectivity index (χ1v) is 7.64.